The molecule has 0 saturated carbocycles. The van der Waals surface area contributed by atoms with E-state index in [0.717, 1.165) is 12.3 Å². The third kappa shape index (κ3) is 4.35. The highest BCUT2D eigenvalue weighted by molar-refractivity contribution is 8.00. The number of nitrogens with zero attached hydrogens (tertiary/aromatic N) is 1. The smallest absolute Gasteiger partial charge is 0.322 e. The van der Waals surface area contributed by atoms with Crippen molar-refractivity contribution in [2.45, 2.75) is 10.5 Å². The van der Waals surface area contributed by atoms with E-state index >= 15 is 0 Å². The van der Waals surface area contributed by atoms with Gasteiger partial charge in [-0.25, -0.2) is 9.37 Å². The number of halogens is 5. The molecular weight excluding hydrogens is 344 g/mol. The van der Waals surface area contributed by atoms with Crippen LogP contribution in [-0.4, -0.2) is 16.4 Å². The van der Waals surface area contributed by atoms with Crippen LogP contribution in [0.2, 0.25) is 5.02 Å². The van der Waals surface area contributed by atoms with Gasteiger partial charge in [-0.1, -0.05) is 11.6 Å². The molecule has 0 aliphatic rings. The fourth-order valence-electron chi connectivity index (χ4n) is 1.53. The fourth-order valence-corrected chi connectivity index (χ4v) is 2.25. The summed E-state index contributed by atoms with van der Waals surface area (Å²) < 4.78 is 50.6. The van der Waals surface area contributed by atoms with Gasteiger partial charge in [-0.15, -0.1) is 0 Å². The van der Waals surface area contributed by atoms with Gasteiger partial charge >= 0.3 is 5.51 Å². The molecule has 2 rings (SSSR count). The van der Waals surface area contributed by atoms with Gasteiger partial charge in [0.25, 0.3) is 5.91 Å². The van der Waals surface area contributed by atoms with E-state index < -0.39 is 34.0 Å². The Morgan fingerprint density at radius 3 is 2.64 bits per heavy atom. The van der Waals surface area contributed by atoms with Crippen molar-refractivity contribution in [2.75, 3.05) is 5.32 Å². The lowest BCUT2D eigenvalue weighted by molar-refractivity contribution is -0.0329. The Bertz CT molecular complexity index is 709. The van der Waals surface area contributed by atoms with E-state index in [9.17, 15) is 22.4 Å². The highest BCUT2D eigenvalue weighted by Gasteiger charge is 2.32. The highest BCUT2D eigenvalue weighted by atomic mass is 35.5. The zero-order valence-corrected chi connectivity index (χ0v) is 12.2. The average Bonchev–Trinajstić information content (AvgIpc) is 2.41. The predicted octanol–water partition coefficient (Wildman–Crippen LogP) is 4.74. The fraction of sp³-hybridized carbons (Fsp3) is 0.0769. The number of carbonyl (C=O) groups is 1. The normalized spacial score (nSPS) is 11.3. The Kier molecular flexibility index (Phi) is 4.92. The van der Waals surface area contributed by atoms with Gasteiger partial charge in [0.05, 0.1) is 10.6 Å². The van der Waals surface area contributed by atoms with Gasteiger partial charge in [-0.2, -0.15) is 13.2 Å². The zero-order chi connectivity index (χ0) is 16.3. The topological polar surface area (TPSA) is 42.0 Å². The van der Waals surface area contributed by atoms with Crippen LogP contribution in [0.5, 0.6) is 0 Å². The first-order valence-electron chi connectivity index (χ1n) is 5.73. The third-order valence-electron chi connectivity index (χ3n) is 2.41. The second kappa shape index (κ2) is 6.53. The molecule has 0 atom stereocenters. The van der Waals surface area contributed by atoms with Crippen LogP contribution in [0.25, 0.3) is 0 Å². The van der Waals surface area contributed by atoms with E-state index in [1.165, 1.54) is 24.3 Å². The largest absolute Gasteiger partial charge is 0.447 e. The lowest BCUT2D eigenvalue weighted by Gasteiger charge is -2.10. The molecule has 0 aliphatic heterocycles. The van der Waals surface area contributed by atoms with Crippen LogP contribution in [0.4, 0.5) is 23.2 Å². The molecule has 22 heavy (non-hydrogen) atoms. The molecule has 0 aliphatic carbocycles. The van der Waals surface area contributed by atoms with Crippen molar-refractivity contribution >= 4 is 35.0 Å². The molecule has 1 aromatic carbocycles. The molecule has 9 heteroatoms. The Labute approximate surface area is 131 Å². The number of rotatable bonds is 3. The monoisotopic (exact) mass is 350 g/mol. The number of carbonyl (C=O) groups excluding carboxylic acids is 1. The molecule has 0 fully saturated rings. The van der Waals surface area contributed by atoms with E-state index in [2.05, 4.69) is 10.3 Å². The molecule has 116 valence electrons. The maximum Gasteiger partial charge on any atom is 0.447 e. The molecule has 0 radical (unpaired) electrons. The van der Waals surface area contributed by atoms with Gasteiger partial charge < -0.3 is 5.32 Å². The number of amides is 1. The number of thioether (sulfide) groups is 1. The molecule has 0 unspecified atom stereocenters. The van der Waals surface area contributed by atoms with Crippen LogP contribution < -0.4 is 5.32 Å². The van der Waals surface area contributed by atoms with Crippen LogP contribution in [-0.2, 0) is 0 Å². The van der Waals surface area contributed by atoms with Crippen LogP contribution in [0.15, 0.2) is 41.6 Å². The summed E-state index contributed by atoms with van der Waals surface area (Å²) in [5.41, 5.74) is -4.77. The predicted molar refractivity (Wildman–Crippen MR) is 75.5 cm³/mol. The summed E-state index contributed by atoms with van der Waals surface area (Å²) in [5, 5.41) is 1.68. The molecule has 0 spiro atoms. The van der Waals surface area contributed by atoms with Gasteiger partial charge in [0.15, 0.2) is 0 Å². The van der Waals surface area contributed by atoms with Crippen molar-refractivity contribution in [3.05, 3.63) is 52.9 Å². The number of hydrogen-bond acceptors (Lipinski definition) is 3. The van der Waals surface area contributed by atoms with Gasteiger partial charge in [0, 0.05) is 23.6 Å². The molecule has 1 aromatic heterocycles. The van der Waals surface area contributed by atoms with Crippen molar-refractivity contribution in [3.8, 4) is 0 Å². The second-order valence-electron chi connectivity index (χ2n) is 3.99. The van der Waals surface area contributed by atoms with Crippen LogP contribution in [0.3, 0.4) is 0 Å². The highest BCUT2D eigenvalue weighted by Crippen LogP contribution is 2.37. The Morgan fingerprint density at radius 1 is 1.27 bits per heavy atom. The minimum atomic E-state index is -4.57. The van der Waals surface area contributed by atoms with Crippen molar-refractivity contribution in [1.29, 1.82) is 0 Å². The number of alkyl halides is 3. The molecule has 0 bridgehead atoms. The zero-order valence-electron chi connectivity index (χ0n) is 10.6. The molecule has 0 saturated heterocycles. The van der Waals surface area contributed by atoms with Gasteiger partial charge in [0.1, 0.15) is 10.8 Å². The summed E-state index contributed by atoms with van der Waals surface area (Å²) in [6.45, 7) is 0. The van der Waals surface area contributed by atoms with E-state index in [0.29, 0.717) is 0 Å². The molecule has 1 N–H and O–H groups in total. The molecular formula is C13H7ClF4N2OS. The third-order valence-corrected chi connectivity index (χ3v) is 3.46. The summed E-state index contributed by atoms with van der Waals surface area (Å²) in [5.74, 6) is -1.59. The second-order valence-corrected chi connectivity index (χ2v) is 5.45. The standard InChI is InChI=1S/C13H7ClF4N2OS/c14-9-4-3-7(6-10(9)15)20-11(21)8-2-1-5-19-12(8)22-13(16,17)18/h1-6H,(H,20,21). The number of nitrogens with one attached hydrogen (secondary N) is 1. The number of aromatic nitrogens is 1. The Hall–Kier alpha value is -1.80. The Balaban J connectivity index is 2.24. The average molecular weight is 351 g/mol. The summed E-state index contributed by atoms with van der Waals surface area (Å²) in [4.78, 5) is 15.6. The van der Waals surface area contributed by atoms with Crippen LogP contribution in [0, 0.1) is 5.82 Å². The molecule has 3 nitrogen and oxygen atoms in total. The molecule has 1 amide bonds. The van der Waals surface area contributed by atoms with Crippen molar-refractivity contribution in [2.24, 2.45) is 0 Å². The lowest BCUT2D eigenvalue weighted by Crippen LogP contribution is -2.15. The first-order chi connectivity index (χ1) is 10.3. The number of pyridine rings is 1. The SMILES string of the molecule is O=C(Nc1ccc(Cl)c(F)c1)c1cccnc1SC(F)(F)F. The first-order valence-corrected chi connectivity index (χ1v) is 6.93. The maximum atomic E-state index is 13.3. The first kappa shape index (κ1) is 16.6. The van der Waals surface area contributed by atoms with Crippen molar-refractivity contribution < 1.29 is 22.4 Å². The van der Waals surface area contributed by atoms with Gasteiger partial charge in [0.2, 0.25) is 0 Å². The summed E-state index contributed by atoms with van der Waals surface area (Å²) in [6.07, 6.45) is 1.15. The number of anilines is 1. The van der Waals surface area contributed by atoms with Crippen LogP contribution in [0.1, 0.15) is 10.4 Å². The molecule has 2 aromatic rings. The van der Waals surface area contributed by atoms with Gasteiger partial charge in [-0.3, -0.25) is 4.79 Å². The molecule has 1 heterocycles. The maximum absolute atomic E-state index is 13.3. The van der Waals surface area contributed by atoms with Gasteiger partial charge in [-0.05, 0) is 30.3 Å². The van der Waals surface area contributed by atoms with Crippen molar-refractivity contribution in [3.63, 3.8) is 0 Å². The van der Waals surface area contributed by atoms with E-state index in [-0.39, 0.29) is 16.3 Å². The minimum absolute atomic E-state index is 0.0683. The van der Waals surface area contributed by atoms with E-state index in [4.69, 9.17) is 11.6 Å². The summed E-state index contributed by atoms with van der Waals surface area (Å²) in [6, 6.07) is 6.05. The summed E-state index contributed by atoms with van der Waals surface area (Å²) in [7, 11) is 0. The minimum Gasteiger partial charge on any atom is -0.322 e. The Morgan fingerprint density at radius 2 is 2.00 bits per heavy atom. The van der Waals surface area contributed by atoms with E-state index in [1.54, 1.807) is 0 Å². The number of benzene rings is 1. The van der Waals surface area contributed by atoms with Crippen molar-refractivity contribution in [1.82, 2.24) is 4.98 Å². The number of hydrogen-bond donors (Lipinski definition) is 1. The summed E-state index contributed by atoms with van der Waals surface area (Å²) >= 11 is 5.01. The quantitative estimate of drug-likeness (QED) is 0.642. The van der Waals surface area contributed by atoms with Crippen LogP contribution >= 0.6 is 23.4 Å². The lowest BCUT2D eigenvalue weighted by atomic mass is 10.2. The van der Waals surface area contributed by atoms with E-state index in [1.807, 2.05) is 0 Å².